The van der Waals surface area contributed by atoms with E-state index < -0.39 is 0 Å². The minimum absolute atomic E-state index is 0.797. The largest absolute Gasteiger partial charge is 0.399 e. The minimum Gasteiger partial charge on any atom is -0.399 e. The van der Waals surface area contributed by atoms with Crippen LogP contribution in [0.2, 0.25) is 0 Å². The molecule has 1 saturated carbocycles. The molecule has 0 aromatic heterocycles. The van der Waals surface area contributed by atoms with Crippen LogP contribution in [0.4, 0.5) is 5.69 Å². The van der Waals surface area contributed by atoms with Crippen LogP contribution >= 0.6 is 0 Å². The number of hydrogen-bond acceptors (Lipinski definition) is 2. The van der Waals surface area contributed by atoms with Gasteiger partial charge in [-0.3, -0.25) is 4.90 Å². The first-order valence-corrected chi connectivity index (χ1v) is 5.72. The molecule has 2 rings (SSSR count). The lowest BCUT2D eigenvalue weighted by Crippen LogP contribution is -2.36. The van der Waals surface area contributed by atoms with Gasteiger partial charge in [0.05, 0.1) is 0 Å². The lowest BCUT2D eigenvalue weighted by Gasteiger charge is -2.35. The van der Waals surface area contributed by atoms with Crippen LogP contribution in [0, 0.1) is 6.92 Å². The van der Waals surface area contributed by atoms with Crippen LogP contribution in [0.5, 0.6) is 0 Å². The molecular weight excluding hydrogens is 184 g/mol. The van der Waals surface area contributed by atoms with Crippen molar-refractivity contribution in [1.82, 2.24) is 4.90 Å². The molecule has 0 bridgehead atoms. The highest BCUT2D eigenvalue weighted by atomic mass is 15.1. The second-order valence-electron chi connectivity index (χ2n) is 4.63. The number of benzene rings is 1. The maximum Gasteiger partial charge on any atom is 0.0346 e. The first-order chi connectivity index (χ1) is 7.18. The van der Waals surface area contributed by atoms with Crippen molar-refractivity contribution in [2.24, 2.45) is 0 Å². The highest BCUT2D eigenvalue weighted by Crippen LogP contribution is 2.26. The van der Waals surface area contributed by atoms with Gasteiger partial charge < -0.3 is 5.73 Å². The fraction of sp³-hybridized carbons (Fsp3) is 0.538. The van der Waals surface area contributed by atoms with E-state index in [2.05, 4.69) is 24.9 Å². The summed E-state index contributed by atoms with van der Waals surface area (Å²) in [5, 5.41) is 0. The van der Waals surface area contributed by atoms with E-state index in [0.717, 1.165) is 18.3 Å². The van der Waals surface area contributed by atoms with Gasteiger partial charge in [-0.15, -0.1) is 0 Å². The summed E-state index contributed by atoms with van der Waals surface area (Å²) in [5.74, 6) is 0. The predicted molar refractivity (Wildman–Crippen MR) is 64.7 cm³/mol. The smallest absolute Gasteiger partial charge is 0.0346 e. The van der Waals surface area contributed by atoms with Gasteiger partial charge in [0.15, 0.2) is 0 Å². The fourth-order valence-electron chi connectivity index (χ4n) is 2.10. The van der Waals surface area contributed by atoms with E-state index in [4.69, 9.17) is 5.73 Å². The maximum absolute atomic E-state index is 5.90. The van der Waals surface area contributed by atoms with Crippen molar-refractivity contribution >= 4 is 5.69 Å². The van der Waals surface area contributed by atoms with Gasteiger partial charge in [0, 0.05) is 18.3 Å². The molecule has 0 unspecified atom stereocenters. The summed E-state index contributed by atoms with van der Waals surface area (Å²) in [4.78, 5) is 2.45. The SMILES string of the molecule is Cc1c(N)cccc1CN(C)C1CCC1. The van der Waals surface area contributed by atoms with E-state index in [-0.39, 0.29) is 0 Å². The second-order valence-corrected chi connectivity index (χ2v) is 4.63. The van der Waals surface area contributed by atoms with Gasteiger partial charge in [-0.05, 0) is 44.0 Å². The van der Waals surface area contributed by atoms with Crippen molar-refractivity contribution in [1.29, 1.82) is 0 Å². The number of rotatable bonds is 3. The van der Waals surface area contributed by atoms with Crippen LogP contribution < -0.4 is 5.73 Å². The maximum atomic E-state index is 5.90. The molecule has 1 aromatic rings. The van der Waals surface area contributed by atoms with Crippen LogP contribution in [-0.4, -0.2) is 18.0 Å². The number of nitrogens with two attached hydrogens (primary N) is 1. The normalized spacial score (nSPS) is 16.7. The molecule has 0 saturated heterocycles. The topological polar surface area (TPSA) is 29.3 Å². The Morgan fingerprint density at radius 2 is 2.13 bits per heavy atom. The summed E-state index contributed by atoms with van der Waals surface area (Å²) in [7, 11) is 2.21. The molecule has 0 heterocycles. The van der Waals surface area contributed by atoms with Crippen molar-refractivity contribution in [2.75, 3.05) is 12.8 Å². The highest BCUT2D eigenvalue weighted by Gasteiger charge is 2.22. The molecule has 1 aliphatic rings. The first-order valence-electron chi connectivity index (χ1n) is 5.72. The van der Waals surface area contributed by atoms with E-state index in [1.54, 1.807) is 0 Å². The summed E-state index contributed by atoms with van der Waals surface area (Å²) in [6.07, 6.45) is 4.11. The van der Waals surface area contributed by atoms with Crippen molar-refractivity contribution in [3.05, 3.63) is 29.3 Å². The standard InChI is InChI=1S/C13H20N2/c1-10-11(5-3-8-13(10)14)9-15(2)12-6-4-7-12/h3,5,8,12H,4,6-7,9,14H2,1-2H3. The quantitative estimate of drug-likeness (QED) is 0.767. The molecule has 82 valence electrons. The lowest BCUT2D eigenvalue weighted by molar-refractivity contribution is 0.152. The Hall–Kier alpha value is -1.02. The Morgan fingerprint density at radius 1 is 1.40 bits per heavy atom. The monoisotopic (exact) mass is 204 g/mol. The number of nitrogen functional groups attached to an aromatic ring is 1. The molecule has 0 aliphatic heterocycles. The zero-order valence-electron chi connectivity index (χ0n) is 9.66. The summed E-state index contributed by atoms with van der Waals surface area (Å²) in [6, 6.07) is 7.00. The Bertz CT molecular complexity index is 342. The fourth-order valence-corrected chi connectivity index (χ4v) is 2.10. The number of nitrogens with zero attached hydrogens (tertiary/aromatic N) is 1. The van der Waals surface area contributed by atoms with Crippen LogP contribution in [0.25, 0.3) is 0 Å². The molecule has 2 N–H and O–H groups in total. The van der Waals surface area contributed by atoms with E-state index in [1.165, 1.54) is 30.4 Å². The van der Waals surface area contributed by atoms with Gasteiger partial charge in [0.1, 0.15) is 0 Å². The van der Waals surface area contributed by atoms with Gasteiger partial charge in [-0.25, -0.2) is 0 Å². The van der Waals surface area contributed by atoms with Gasteiger partial charge in [0.25, 0.3) is 0 Å². The molecular formula is C13H20N2. The summed E-state index contributed by atoms with van der Waals surface area (Å²) in [6.45, 7) is 3.14. The Balaban J connectivity index is 2.06. The average Bonchev–Trinajstić information content (AvgIpc) is 2.10. The molecule has 15 heavy (non-hydrogen) atoms. The Labute approximate surface area is 92.1 Å². The molecule has 0 radical (unpaired) electrons. The molecule has 0 spiro atoms. The molecule has 1 aliphatic carbocycles. The van der Waals surface area contributed by atoms with Gasteiger partial charge in [-0.2, -0.15) is 0 Å². The number of anilines is 1. The average molecular weight is 204 g/mol. The van der Waals surface area contributed by atoms with Crippen molar-refractivity contribution in [3.63, 3.8) is 0 Å². The van der Waals surface area contributed by atoms with Crippen LogP contribution in [0.1, 0.15) is 30.4 Å². The van der Waals surface area contributed by atoms with E-state index in [0.29, 0.717) is 0 Å². The molecule has 1 fully saturated rings. The van der Waals surface area contributed by atoms with E-state index in [1.807, 2.05) is 12.1 Å². The summed E-state index contributed by atoms with van der Waals surface area (Å²) >= 11 is 0. The third-order valence-corrected chi connectivity index (χ3v) is 3.61. The molecule has 0 atom stereocenters. The van der Waals surface area contributed by atoms with Crippen LogP contribution in [0.3, 0.4) is 0 Å². The Morgan fingerprint density at radius 3 is 2.73 bits per heavy atom. The van der Waals surface area contributed by atoms with Crippen LogP contribution in [0.15, 0.2) is 18.2 Å². The van der Waals surface area contributed by atoms with Crippen molar-refractivity contribution in [3.8, 4) is 0 Å². The van der Waals surface area contributed by atoms with Gasteiger partial charge in [0.2, 0.25) is 0 Å². The molecule has 2 nitrogen and oxygen atoms in total. The third kappa shape index (κ3) is 2.15. The zero-order chi connectivity index (χ0) is 10.8. The zero-order valence-corrected chi connectivity index (χ0v) is 9.66. The third-order valence-electron chi connectivity index (χ3n) is 3.61. The predicted octanol–water partition coefficient (Wildman–Crippen LogP) is 2.56. The van der Waals surface area contributed by atoms with Gasteiger partial charge >= 0.3 is 0 Å². The van der Waals surface area contributed by atoms with Gasteiger partial charge in [-0.1, -0.05) is 18.6 Å². The molecule has 0 amide bonds. The highest BCUT2D eigenvalue weighted by molar-refractivity contribution is 5.49. The van der Waals surface area contributed by atoms with Crippen molar-refractivity contribution in [2.45, 2.75) is 38.8 Å². The summed E-state index contributed by atoms with van der Waals surface area (Å²) in [5.41, 5.74) is 9.42. The Kier molecular flexibility index (Phi) is 2.96. The number of hydrogen-bond donors (Lipinski definition) is 1. The van der Waals surface area contributed by atoms with E-state index >= 15 is 0 Å². The minimum atomic E-state index is 0.797. The lowest BCUT2D eigenvalue weighted by atomic mass is 9.91. The first kappa shape index (κ1) is 10.5. The molecule has 1 aromatic carbocycles. The summed E-state index contributed by atoms with van der Waals surface area (Å²) < 4.78 is 0. The van der Waals surface area contributed by atoms with Crippen molar-refractivity contribution < 1.29 is 0 Å². The van der Waals surface area contributed by atoms with E-state index in [9.17, 15) is 0 Å². The van der Waals surface area contributed by atoms with Crippen LogP contribution in [-0.2, 0) is 6.54 Å². The second kappa shape index (κ2) is 4.23. The molecule has 2 heteroatoms.